The van der Waals surface area contributed by atoms with Crippen LogP contribution in [0.4, 0.5) is 4.79 Å². The maximum Gasteiger partial charge on any atom is 0.317 e. The van der Waals surface area contributed by atoms with Gasteiger partial charge >= 0.3 is 6.03 Å². The van der Waals surface area contributed by atoms with E-state index in [4.69, 9.17) is 0 Å². The van der Waals surface area contributed by atoms with Crippen LogP contribution < -0.4 is 5.32 Å². The number of likely N-dealkylation sites (tertiary alicyclic amines) is 1. The molecule has 1 unspecified atom stereocenters. The van der Waals surface area contributed by atoms with Gasteiger partial charge in [-0.05, 0) is 12.5 Å². The Labute approximate surface area is 107 Å². The van der Waals surface area contributed by atoms with Crippen LogP contribution in [0.1, 0.15) is 24.8 Å². The minimum Gasteiger partial charge on any atom is -0.338 e. The lowest BCUT2D eigenvalue weighted by Crippen LogP contribution is -2.47. The van der Waals surface area contributed by atoms with Gasteiger partial charge in [-0.1, -0.05) is 30.3 Å². The smallest absolute Gasteiger partial charge is 0.317 e. The Morgan fingerprint density at radius 2 is 2.11 bits per heavy atom. The Balaban J connectivity index is 2.10. The lowest BCUT2D eigenvalue weighted by Gasteiger charge is -2.32. The van der Waals surface area contributed by atoms with Gasteiger partial charge in [0.15, 0.2) is 0 Å². The Kier molecular flexibility index (Phi) is 3.97. The zero-order chi connectivity index (χ0) is 13.0. The molecule has 2 rings (SSSR count). The summed E-state index contributed by atoms with van der Waals surface area (Å²) < 4.78 is 0. The van der Waals surface area contributed by atoms with Crippen molar-refractivity contribution in [1.29, 1.82) is 0 Å². The normalized spacial score (nSPS) is 19.7. The lowest BCUT2D eigenvalue weighted by atomic mass is 9.89. The zero-order valence-corrected chi connectivity index (χ0v) is 10.6. The number of carbonyl (C=O) groups is 2. The van der Waals surface area contributed by atoms with Gasteiger partial charge in [-0.15, -0.1) is 0 Å². The van der Waals surface area contributed by atoms with Gasteiger partial charge in [0.05, 0.1) is 5.92 Å². The molecule has 1 aromatic carbocycles. The third-order valence-electron chi connectivity index (χ3n) is 3.24. The summed E-state index contributed by atoms with van der Waals surface area (Å²) in [4.78, 5) is 25.5. The molecule has 0 saturated carbocycles. The molecule has 0 aliphatic carbocycles. The molecule has 1 aliphatic rings. The Morgan fingerprint density at radius 1 is 1.39 bits per heavy atom. The molecule has 1 saturated heterocycles. The fourth-order valence-electron chi connectivity index (χ4n) is 2.26. The van der Waals surface area contributed by atoms with E-state index in [0.717, 1.165) is 5.56 Å². The molecule has 4 heteroatoms. The molecule has 4 nitrogen and oxygen atoms in total. The second kappa shape index (κ2) is 5.67. The molecular formula is C14H18N2O2. The highest BCUT2D eigenvalue weighted by Gasteiger charge is 2.30. The van der Waals surface area contributed by atoms with Crippen molar-refractivity contribution in [1.82, 2.24) is 10.2 Å². The summed E-state index contributed by atoms with van der Waals surface area (Å²) in [6.07, 6.45) is 0.441. The Morgan fingerprint density at radius 3 is 2.78 bits per heavy atom. The number of hydrogen-bond donors (Lipinski definition) is 1. The van der Waals surface area contributed by atoms with Crippen molar-refractivity contribution in [2.45, 2.75) is 19.3 Å². The number of benzene rings is 1. The molecule has 1 fully saturated rings. The second-order valence-corrected chi connectivity index (χ2v) is 4.46. The molecule has 0 radical (unpaired) electrons. The minimum atomic E-state index is -0.178. The summed E-state index contributed by atoms with van der Waals surface area (Å²) in [5.74, 6) is 0.0457. The number of nitrogens with one attached hydrogen (secondary N) is 1. The van der Waals surface area contributed by atoms with E-state index >= 15 is 0 Å². The predicted octanol–water partition coefficient (Wildman–Crippen LogP) is 1.77. The van der Waals surface area contributed by atoms with Gasteiger partial charge in [0.1, 0.15) is 5.78 Å². The monoisotopic (exact) mass is 246 g/mol. The molecule has 18 heavy (non-hydrogen) atoms. The van der Waals surface area contributed by atoms with Gasteiger partial charge in [0.2, 0.25) is 0 Å². The summed E-state index contributed by atoms with van der Waals surface area (Å²) in [7, 11) is 0. The van der Waals surface area contributed by atoms with Crippen LogP contribution in [0.15, 0.2) is 30.3 Å². The second-order valence-electron chi connectivity index (χ2n) is 4.46. The van der Waals surface area contributed by atoms with Gasteiger partial charge in [0, 0.05) is 26.1 Å². The fraction of sp³-hybridized carbons (Fsp3) is 0.429. The first-order chi connectivity index (χ1) is 8.72. The largest absolute Gasteiger partial charge is 0.338 e. The highest BCUT2D eigenvalue weighted by molar-refractivity contribution is 5.88. The number of piperidine rings is 1. The van der Waals surface area contributed by atoms with E-state index in [-0.39, 0.29) is 17.7 Å². The molecule has 1 heterocycles. The van der Waals surface area contributed by atoms with E-state index in [1.54, 1.807) is 4.90 Å². The van der Waals surface area contributed by atoms with Crippen LogP contribution in [0.3, 0.4) is 0 Å². The van der Waals surface area contributed by atoms with Gasteiger partial charge in [-0.25, -0.2) is 4.79 Å². The van der Waals surface area contributed by atoms with Crippen LogP contribution >= 0.6 is 0 Å². The SMILES string of the molecule is CCNC(=O)N1CCC(=O)C(c2ccccc2)C1. The number of Topliss-reactive ketones (excluding diaryl/α,β-unsaturated/α-hetero) is 1. The van der Waals surface area contributed by atoms with Crippen molar-refractivity contribution in [3.8, 4) is 0 Å². The van der Waals surface area contributed by atoms with Crippen LogP contribution in [0.2, 0.25) is 0 Å². The molecule has 0 spiro atoms. The predicted molar refractivity (Wildman–Crippen MR) is 69.5 cm³/mol. The van der Waals surface area contributed by atoms with Gasteiger partial charge in [0.25, 0.3) is 0 Å². The van der Waals surface area contributed by atoms with Gasteiger partial charge < -0.3 is 10.2 Å². The first-order valence-corrected chi connectivity index (χ1v) is 6.32. The van der Waals surface area contributed by atoms with E-state index in [2.05, 4.69) is 5.32 Å². The minimum absolute atomic E-state index is 0.0778. The molecule has 0 bridgehead atoms. The number of hydrogen-bond acceptors (Lipinski definition) is 2. The number of rotatable bonds is 2. The molecule has 1 aromatic rings. The van der Waals surface area contributed by atoms with Crippen LogP contribution in [0.25, 0.3) is 0 Å². The molecule has 1 atom stereocenters. The number of ketones is 1. The highest BCUT2D eigenvalue weighted by atomic mass is 16.2. The van der Waals surface area contributed by atoms with Crippen LogP contribution in [-0.2, 0) is 4.79 Å². The number of urea groups is 1. The summed E-state index contributed by atoms with van der Waals surface area (Å²) >= 11 is 0. The summed E-state index contributed by atoms with van der Waals surface area (Å²) in [6.45, 7) is 3.50. The van der Waals surface area contributed by atoms with Gasteiger partial charge in [-0.3, -0.25) is 4.79 Å². The van der Waals surface area contributed by atoms with E-state index in [1.807, 2.05) is 37.3 Å². The number of nitrogens with zero attached hydrogens (tertiary/aromatic N) is 1. The average molecular weight is 246 g/mol. The summed E-state index contributed by atoms with van der Waals surface area (Å²) in [5, 5.41) is 2.78. The quantitative estimate of drug-likeness (QED) is 0.864. The number of carbonyl (C=O) groups excluding carboxylic acids is 2. The molecular weight excluding hydrogens is 228 g/mol. The standard InChI is InChI=1S/C14H18N2O2/c1-2-15-14(18)16-9-8-13(17)12(10-16)11-6-4-3-5-7-11/h3-7,12H,2,8-10H2,1H3,(H,15,18). The summed E-state index contributed by atoms with van der Waals surface area (Å²) in [5.41, 5.74) is 0.997. The maximum atomic E-state index is 12.0. The van der Waals surface area contributed by atoms with Crippen molar-refractivity contribution in [2.24, 2.45) is 0 Å². The molecule has 1 N–H and O–H groups in total. The van der Waals surface area contributed by atoms with Crippen molar-refractivity contribution in [3.05, 3.63) is 35.9 Å². The van der Waals surface area contributed by atoms with E-state index in [0.29, 0.717) is 26.1 Å². The average Bonchev–Trinajstić information content (AvgIpc) is 2.40. The maximum absolute atomic E-state index is 12.0. The lowest BCUT2D eigenvalue weighted by molar-refractivity contribution is -0.122. The topological polar surface area (TPSA) is 49.4 Å². The van der Waals surface area contributed by atoms with E-state index in [9.17, 15) is 9.59 Å². The highest BCUT2D eigenvalue weighted by Crippen LogP contribution is 2.23. The molecule has 2 amide bonds. The zero-order valence-electron chi connectivity index (χ0n) is 10.6. The number of amides is 2. The first kappa shape index (κ1) is 12.6. The van der Waals surface area contributed by atoms with E-state index < -0.39 is 0 Å². The third-order valence-corrected chi connectivity index (χ3v) is 3.24. The first-order valence-electron chi connectivity index (χ1n) is 6.32. The van der Waals surface area contributed by atoms with Crippen molar-refractivity contribution >= 4 is 11.8 Å². The van der Waals surface area contributed by atoms with Crippen LogP contribution in [0, 0.1) is 0 Å². The van der Waals surface area contributed by atoms with Crippen molar-refractivity contribution < 1.29 is 9.59 Å². The molecule has 0 aromatic heterocycles. The molecule has 1 aliphatic heterocycles. The molecule has 96 valence electrons. The fourth-order valence-corrected chi connectivity index (χ4v) is 2.26. The van der Waals surface area contributed by atoms with Gasteiger partial charge in [-0.2, -0.15) is 0 Å². The van der Waals surface area contributed by atoms with Crippen LogP contribution in [-0.4, -0.2) is 36.3 Å². The van der Waals surface area contributed by atoms with Crippen molar-refractivity contribution in [3.63, 3.8) is 0 Å². The Hall–Kier alpha value is -1.84. The van der Waals surface area contributed by atoms with Crippen LogP contribution in [0.5, 0.6) is 0 Å². The third kappa shape index (κ3) is 2.70. The van der Waals surface area contributed by atoms with Crippen molar-refractivity contribution in [2.75, 3.05) is 19.6 Å². The summed E-state index contributed by atoms with van der Waals surface area (Å²) in [6, 6.07) is 9.60. The van der Waals surface area contributed by atoms with E-state index in [1.165, 1.54) is 0 Å². The Bertz CT molecular complexity index is 431.